The molecular formula is C21H36O3. The number of aliphatic hydroxyl groups is 1. The summed E-state index contributed by atoms with van der Waals surface area (Å²) >= 11 is 0. The highest BCUT2D eigenvalue weighted by Crippen LogP contribution is 2.23. The first-order valence-electron chi connectivity index (χ1n) is 9.28. The van der Waals surface area contributed by atoms with Crippen molar-refractivity contribution in [1.29, 1.82) is 0 Å². The van der Waals surface area contributed by atoms with Gasteiger partial charge in [0.2, 0.25) is 0 Å². The van der Waals surface area contributed by atoms with Crippen LogP contribution in [0.5, 0.6) is 0 Å². The third-order valence-electron chi connectivity index (χ3n) is 3.10. The second kappa shape index (κ2) is 17.7. The number of allylic oxidation sites excluding steroid dienone is 2. The predicted molar refractivity (Wildman–Crippen MR) is 103 cm³/mol. The van der Waals surface area contributed by atoms with E-state index >= 15 is 0 Å². The molecule has 0 heterocycles. The van der Waals surface area contributed by atoms with Gasteiger partial charge < -0.3 is 9.84 Å². The second-order valence-electron chi connectivity index (χ2n) is 4.70. The van der Waals surface area contributed by atoms with Crippen molar-refractivity contribution in [2.24, 2.45) is 5.92 Å². The summed E-state index contributed by atoms with van der Waals surface area (Å²) in [5, 5.41) is 9.38. The number of carbonyl (C=O) groups is 1. The minimum Gasteiger partial charge on any atom is -0.512 e. The van der Waals surface area contributed by atoms with E-state index in [0.717, 1.165) is 12.0 Å². The molecule has 24 heavy (non-hydrogen) atoms. The molecule has 0 radical (unpaired) electrons. The van der Waals surface area contributed by atoms with Gasteiger partial charge in [-0.2, -0.15) is 0 Å². The maximum Gasteiger partial charge on any atom is 0.159 e. The molecule has 1 aliphatic rings. The Morgan fingerprint density at radius 2 is 1.58 bits per heavy atom. The van der Waals surface area contributed by atoms with Gasteiger partial charge in [-0.25, -0.2) is 0 Å². The van der Waals surface area contributed by atoms with Crippen molar-refractivity contribution in [3.63, 3.8) is 0 Å². The smallest absolute Gasteiger partial charge is 0.159 e. The molecule has 138 valence electrons. The summed E-state index contributed by atoms with van der Waals surface area (Å²) in [6, 6.07) is 10.0. The number of ether oxygens (including phenoxy) is 1. The van der Waals surface area contributed by atoms with E-state index in [-0.39, 0.29) is 17.5 Å². The molecule has 0 bridgehead atoms. The fraction of sp³-hybridized carbons (Fsp3) is 0.571. The molecule has 0 aliphatic heterocycles. The third kappa shape index (κ3) is 11.9. The first-order chi connectivity index (χ1) is 11.7. The molecule has 0 fully saturated rings. The minimum atomic E-state index is 0.0202. The molecule has 1 atom stereocenters. The van der Waals surface area contributed by atoms with Crippen LogP contribution in [0.1, 0.15) is 66.4 Å². The van der Waals surface area contributed by atoms with Gasteiger partial charge in [0.05, 0.1) is 12.4 Å². The number of carbonyl (C=O) groups excluding carboxylic acids is 1. The zero-order valence-corrected chi connectivity index (χ0v) is 16.3. The molecule has 0 saturated carbocycles. The van der Waals surface area contributed by atoms with Crippen LogP contribution < -0.4 is 0 Å². The lowest BCUT2D eigenvalue weighted by atomic mass is 9.90. The Morgan fingerprint density at radius 3 is 2.12 bits per heavy atom. The van der Waals surface area contributed by atoms with Crippen LogP contribution in [0.3, 0.4) is 0 Å². The van der Waals surface area contributed by atoms with Crippen LogP contribution in [0, 0.1) is 5.92 Å². The summed E-state index contributed by atoms with van der Waals surface area (Å²) in [6.45, 7) is 13.2. The second-order valence-corrected chi connectivity index (χ2v) is 4.70. The molecule has 0 saturated heterocycles. The average Bonchev–Trinajstić information content (AvgIpc) is 2.64. The Morgan fingerprint density at radius 1 is 1.00 bits per heavy atom. The van der Waals surface area contributed by atoms with Gasteiger partial charge in [-0.3, -0.25) is 4.79 Å². The number of hydrogen-bond acceptors (Lipinski definition) is 3. The Kier molecular flexibility index (Phi) is 18.2. The molecule has 1 N–H and O–H groups in total. The lowest BCUT2D eigenvalue weighted by molar-refractivity contribution is -0.116. The maximum atomic E-state index is 11.3. The standard InChI is InChI=1S/C15H18O3.3C2H6/c16-14-8-13(9-15(17)10-14)6-7-18-11-12-4-2-1-3-5-12;3*1-2/h1-5,10,13,16H,6-9,11H2;3*1-2H3. The molecule has 1 aromatic carbocycles. The van der Waals surface area contributed by atoms with Crippen LogP contribution in [-0.4, -0.2) is 17.5 Å². The quantitative estimate of drug-likeness (QED) is 0.661. The van der Waals surface area contributed by atoms with Crippen LogP contribution in [0.25, 0.3) is 0 Å². The molecule has 1 aromatic rings. The van der Waals surface area contributed by atoms with E-state index in [1.807, 2.05) is 71.9 Å². The van der Waals surface area contributed by atoms with E-state index in [1.54, 1.807) is 0 Å². The molecule has 3 nitrogen and oxygen atoms in total. The Hall–Kier alpha value is -1.61. The highest BCUT2D eigenvalue weighted by molar-refractivity contribution is 5.91. The van der Waals surface area contributed by atoms with Crippen LogP contribution in [0.2, 0.25) is 0 Å². The Balaban J connectivity index is 0. The number of rotatable bonds is 5. The number of hydrogen-bond donors (Lipinski definition) is 1. The fourth-order valence-electron chi connectivity index (χ4n) is 2.17. The van der Waals surface area contributed by atoms with E-state index in [1.165, 1.54) is 6.08 Å². The Labute approximate surface area is 148 Å². The van der Waals surface area contributed by atoms with Gasteiger partial charge in [0.15, 0.2) is 5.78 Å². The molecule has 1 aliphatic carbocycles. The van der Waals surface area contributed by atoms with Crippen molar-refractivity contribution in [3.05, 3.63) is 47.7 Å². The van der Waals surface area contributed by atoms with Crippen molar-refractivity contribution >= 4 is 5.78 Å². The van der Waals surface area contributed by atoms with E-state index < -0.39 is 0 Å². The van der Waals surface area contributed by atoms with Crippen LogP contribution in [0.15, 0.2) is 42.2 Å². The van der Waals surface area contributed by atoms with Crippen molar-refractivity contribution in [2.45, 2.75) is 67.4 Å². The highest BCUT2D eigenvalue weighted by atomic mass is 16.5. The third-order valence-corrected chi connectivity index (χ3v) is 3.10. The molecule has 0 amide bonds. The van der Waals surface area contributed by atoms with Gasteiger partial charge in [-0.1, -0.05) is 71.9 Å². The summed E-state index contributed by atoms with van der Waals surface area (Å²) in [5.74, 6) is 0.449. The normalized spacial score (nSPS) is 15.5. The molecule has 0 aromatic heterocycles. The number of benzene rings is 1. The van der Waals surface area contributed by atoms with Gasteiger partial charge in [0.1, 0.15) is 0 Å². The molecular weight excluding hydrogens is 300 g/mol. The highest BCUT2D eigenvalue weighted by Gasteiger charge is 2.19. The number of ketones is 1. The topological polar surface area (TPSA) is 46.5 Å². The first kappa shape index (κ1) is 24.6. The van der Waals surface area contributed by atoms with Gasteiger partial charge in [0.25, 0.3) is 0 Å². The van der Waals surface area contributed by atoms with Gasteiger partial charge >= 0.3 is 0 Å². The minimum absolute atomic E-state index is 0.0202. The first-order valence-corrected chi connectivity index (χ1v) is 9.28. The zero-order valence-electron chi connectivity index (χ0n) is 16.3. The summed E-state index contributed by atoms with van der Waals surface area (Å²) in [6.07, 6.45) is 3.27. The van der Waals surface area contributed by atoms with E-state index in [4.69, 9.17) is 4.74 Å². The largest absolute Gasteiger partial charge is 0.512 e. The fourth-order valence-corrected chi connectivity index (χ4v) is 2.17. The maximum absolute atomic E-state index is 11.3. The summed E-state index contributed by atoms with van der Waals surface area (Å²) in [4.78, 5) is 11.3. The molecule has 2 rings (SSSR count). The van der Waals surface area contributed by atoms with Gasteiger partial charge in [-0.05, 0) is 17.9 Å². The lowest BCUT2D eigenvalue weighted by Crippen LogP contribution is -2.16. The summed E-state index contributed by atoms with van der Waals surface area (Å²) in [5.41, 5.74) is 1.15. The van der Waals surface area contributed by atoms with Crippen molar-refractivity contribution in [3.8, 4) is 0 Å². The van der Waals surface area contributed by atoms with Crippen LogP contribution in [-0.2, 0) is 16.1 Å². The predicted octanol–water partition coefficient (Wildman–Crippen LogP) is 6.09. The molecule has 3 heteroatoms. The zero-order chi connectivity index (χ0) is 18.8. The van der Waals surface area contributed by atoms with Crippen molar-refractivity contribution in [1.82, 2.24) is 0 Å². The van der Waals surface area contributed by atoms with Crippen molar-refractivity contribution < 1.29 is 14.6 Å². The molecule has 1 unspecified atom stereocenters. The summed E-state index contributed by atoms with van der Waals surface area (Å²) in [7, 11) is 0. The monoisotopic (exact) mass is 336 g/mol. The number of aliphatic hydroxyl groups excluding tert-OH is 1. The van der Waals surface area contributed by atoms with E-state index in [2.05, 4.69) is 0 Å². The van der Waals surface area contributed by atoms with E-state index in [9.17, 15) is 9.90 Å². The summed E-state index contributed by atoms with van der Waals surface area (Å²) < 4.78 is 5.58. The van der Waals surface area contributed by atoms with Crippen LogP contribution in [0.4, 0.5) is 0 Å². The molecule has 0 spiro atoms. The van der Waals surface area contributed by atoms with Gasteiger partial charge in [0, 0.05) is 25.5 Å². The van der Waals surface area contributed by atoms with Crippen LogP contribution >= 0.6 is 0 Å². The average molecular weight is 337 g/mol. The van der Waals surface area contributed by atoms with E-state index in [0.29, 0.717) is 26.1 Å². The lowest BCUT2D eigenvalue weighted by Gasteiger charge is -2.18. The van der Waals surface area contributed by atoms with Gasteiger partial charge in [-0.15, -0.1) is 0 Å². The Bertz CT molecular complexity index is 424. The van der Waals surface area contributed by atoms with Crippen molar-refractivity contribution in [2.75, 3.05) is 6.61 Å². The SMILES string of the molecule is CC.CC.CC.O=C1C=C(O)CC(CCOCc2ccccc2)C1.